The Morgan fingerprint density at radius 2 is 1.75 bits per heavy atom. The number of rotatable bonds is 1. The molecule has 4 rings (SSSR count). The quantitative estimate of drug-likeness (QED) is 0.634. The molecule has 0 radical (unpaired) electrons. The predicted octanol–water partition coefficient (Wildman–Crippen LogP) is 3.21. The van der Waals surface area contributed by atoms with E-state index in [4.69, 9.17) is 9.15 Å². The van der Waals surface area contributed by atoms with Gasteiger partial charge in [0.1, 0.15) is 11.3 Å². The van der Waals surface area contributed by atoms with Gasteiger partial charge >= 0.3 is 12.1 Å². The zero-order valence-corrected chi connectivity index (χ0v) is 11.0. The number of benzene rings is 2. The highest BCUT2D eigenvalue weighted by Gasteiger charge is 2.37. The number of fused-ring (bicyclic) bond motifs is 3. The van der Waals surface area contributed by atoms with Gasteiger partial charge in [-0.05, 0) is 28.9 Å². The Kier molecular flexibility index (Phi) is 2.36. The maximum atomic E-state index is 5.96. The molecular weight excluding hydrogens is 252 g/mol. The van der Waals surface area contributed by atoms with Gasteiger partial charge in [0.2, 0.25) is 0 Å². The van der Waals surface area contributed by atoms with Gasteiger partial charge in [-0.1, -0.05) is 30.3 Å². The summed E-state index contributed by atoms with van der Waals surface area (Å²) in [6.07, 6.45) is -0.180. The smallest absolute Gasteiger partial charge is 0.415 e. The molecule has 1 aliphatic heterocycles. The Hall–Kier alpha value is -2.62. The summed E-state index contributed by atoms with van der Waals surface area (Å²) in [6, 6.07) is 17.7. The van der Waals surface area contributed by atoms with Gasteiger partial charge in [0, 0.05) is 17.6 Å². The van der Waals surface area contributed by atoms with Crippen LogP contribution in [-0.4, -0.2) is 5.10 Å². The van der Waals surface area contributed by atoms with Gasteiger partial charge in [0.15, 0.2) is 0 Å². The minimum Gasteiger partial charge on any atom is -0.431 e. The molecule has 0 saturated heterocycles. The van der Waals surface area contributed by atoms with Crippen LogP contribution in [0.2, 0.25) is 0 Å². The van der Waals surface area contributed by atoms with E-state index >= 15 is 0 Å². The minimum atomic E-state index is -0.180. The summed E-state index contributed by atoms with van der Waals surface area (Å²) in [5.41, 5.74) is 1.89. The number of aromatic nitrogens is 2. The first kappa shape index (κ1) is 11.2. The first-order valence-corrected chi connectivity index (χ1v) is 6.57. The standard InChI is InChI=1S/C16H13N2O2/c1-11-18-16(13-9-5-6-10-14(13)19-11)20-15(17-18)12-7-3-2-4-8-12/h2-11H,1H3/q+1. The summed E-state index contributed by atoms with van der Waals surface area (Å²) in [4.78, 5) is 0. The molecule has 1 atom stereocenters. The third-order valence-corrected chi connectivity index (χ3v) is 3.38. The summed E-state index contributed by atoms with van der Waals surface area (Å²) in [7, 11) is 0. The fraction of sp³-hybridized carbons (Fsp3) is 0.125. The summed E-state index contributed by atoms with van der Waals surface area (Å²) in [5, 5.41) is 4.53. The zero-order valence-electron chi connectivity index (χ0n) is 11.0. The Labute approximate surface area is 116 Å². The van der Waals surface area contributed by atoms with Crippen LogP contribution in [0.25, 0.3) is 22.9 Å². The first-order chi connectivity index (χ1) is 9.83. The van der Waals surface area contributed by atoms with E-state index < -0.39 is 0 Å². The molecule has 2 aromatic carbocycles. The molecular formula is C16H13N2O2+. The van der Waals surface area contributed by atoms with Crippen LogP contribution in [0.4, 0.5) is 0 Å². The molecule has 4 heteroatoms. The topological polar surface area (TPSA) is 39.1 Å². The zero-order chi connectivity index (χ0) is 13.5. The van der Waals surface area contributed by atoms with E-state index in [0.29, 0.717) is 5.89 Å². The Balaban J connectivity index is 1.91. The summed E-state index contributed by atoms with van der Waals surface area (Å²) in [5.74, 6) is 2.17. The van der Waals surface area contributed by atoms with E-state index in [0.717, 1.165) is 22.8 Å². The number of hydrogen-bond donors (Lipinski definition) is 0. The van der Waals surface area contributed by atoms with Crippen LogP contribution in [-0.2, 0) is 0 Å². The van der Waals surface area contributed by atoms with E-state index in [-0.39, 0.29) is 6.23 Å². The number of nitrogens with zero attached hydrogens (tertiary/aromatic N) is 2. The van der Waals surface area contributed by atoms with Gasteiger partial charge < -0.3 is 9.15 Å². The van der Waals surface area contributed by atoms with E-state index in [9.17, 15) is 0 Å². The SMILES string of the molecule is CC1Oc2ccccc2-c2oc(-c3ccccc3)n[n+]21. The Morgan fingerprint density at radius 1 is 1.00 bits per heavy atom. The van der Waals surface area contributed by atoms with Crippen LogP contribution in [0, 0.1) is 0 Å². The molecule has 1 aromatic heterocycles. The molecule has 20 heavy (non-hydrogen) atoms. The van der Waals surface area contributed by atoms with Crippen molar-refractivity contribution < 1.29 is 13.8 Å². The molecule has 0 spiro atoms. The molecule has 0 saturated carbocycles. The number of para-hydroxylation sites is 1. The van der Waals surface area contributed by atoms with Gasteiger partial charge in [0.05, 0.1) is 0 Å². The molecule has 0 N–H and O–H groups in total. The average molecular weight is 265 g/mol. The lowest BCUT2D eigenvalue weighted by atomic mass is 10.2. The van der Waals surface area contributed by atoms with Crippen molar-refractivity contribution in [2.75, 3.05) is 0 Å². The molecule has 4 nitrogen and oxygen atoms in total. The van der Waals surface area contributed by atoms with Crippen molar-refractivity contribution in [2.24, 2.45) is 0 Å². The van der Waals surface area contributed by atoms with E-state index in [2.05, 4.69) is 5.10 Å². The normalized spacial score (nSPS) is 16.1. The van der Waals surface area contributed by atoms with Gasteiger partial charge in [-0.3, -0.25) is 0 Å². The monoisotopic (exact) mass is 265 g/mol. The van der Waals surface area contributed by atoms with Gasteiger partial charge in [0.25, 0.3) is 5.89 Å². The van der Waals surface area contributed by atoms with Crippen LogP contribution >= 0.6 is 0 Å². The van der Waals surface area contributed by atoms with Crippen molar-refractivity contribution in [1.29, 1.82) is 0 Å². The first-order valence-electron chi connectivity index (χ1n) is 6.57. The van der Waals surface area contributed by atoms with Crippen LogP contribution < -0.4 is 9.42 Å². The lowest BCUT2D eigenvalue weighted by Crippen LogP contribution is -2.46. The highest BCUT2D eigenvalue weighted by molar-refractivity contribution is 5.62. The summed E-state index contributed by atoms with van der Waals surface area (Å²) in [6.45, 7) is 1.96. The van der Waals surface area contributed by atoms with Gasteiger partial charge in [-0.2, -0.15) is 0 Å². The molecule has 1 unspecified atom stereocenters. The van der Waals surface area contributed by atoms with E-state index in [1.807, 2.05) is 61.5 Å². The van der Waals surface area contributed by atoms with Crippen molar-refractivity contribution in [2.45, 2.75) is 13.2 Å². The van der Waals surface area contributed by atoms with E-state index in [1.54, 1.807) is 4.68 Å². The average Bonchev–Trinajstić information content (AvgIpc) is 2.94. The lowest BCUT2D eigenvalue weighted by Gasteiger charge is -2.14. The molecule has 0 aliphatic carbocycles. The van der Waals surface area contributed by atoms with E-state index in [1.165, 1.54) is 0 Å². The lowest BCUT2D eigenvalue weighted by molar-refractivity contribution is -0.793. The van der Waals surface area contributed by atoms with Crippen LogP contribution in [0.3, 0.4) is 0 Å². The Bertz CT molecular complexity index is 765. The van der Waals surface area contributed by atoms with Crippen LogP contribution in [0.15, 0.2) is 59.0 Å². The van der Waals surface area contributed by atoms with Gasteiger partial charge in [-0.15, -0.1) is 0 Å². The molecule has 0 bridgehead atoms. The van der Waals surface area contributed by atoms with Crippen molar-refractivity contribution in [1.82, 2.24) is 5.10 Å². The predicted molar refractivity (Wildman–Crippen MR) is 72.9 cm³/mol. The van der Waals surface area contributed by atoms with Crippen LogP contribution in [0.5, 0.6) is 5.75 Å². The summed E-state index contributed by atoms with van der Waals surface area (Å²) >= 11 is 0. The van der Waals surface area contributed by atoms with Crippen molar-refractivity contribution in [3.63, 3.8) is 0 Å². The minimum absolute atomic E-state index is 0.180. The second-order valence-corrected chi connectivity index (χ2v) is 4.74. The van der Waals surface area contributed by atoms with Crippen molar-refractivity contribution in [3.8, 4) is 28.7 Å². The highest BCUT2D eigenvalue weighted by atomic mass is 16.5. The Morgan fingerprint density at radius 3 is 2.60 bits per heavy atom. The largest absolute Gasteiger partial charge is 0.431 e. The maximum absolute atomic E-state index is 5.96. The molecule has 2 heterocycles. The number of ether oxygens (including phenoxy) is 1. The van der Waals surface area contributed by atoms with Crippen molar-refractivity contribution in [3.05, 3.63) is 54.6 Å². The molecule has 3 aromatic rings. The fourth-order valence-electron chi connectivity index (χ4n) is 2.40. The second kappa shape index (κ2) is 4.20. The summed E-state index contributed by atoms with van der Waals surface area (Å²) < 4.78 is 13.6. The number of hydrogen-bond acceptors (Lipinski definition) is 3. The molecule has 0 fully saturated rings. The third kappa shape index (κ3) is 1.61. The molecule has 1 aliphatic rings. The third-order valence-electron chi connectivity index (χ3n) is 3.38. The fourth-order valence-corrected chi connectivity index (χ4v) is 2.40. The maximum Gasteiger partial charge on any atom is 0.415 e. The highest BCUT2D eigenvalue weighted by Crippen LogP contribution is 2.35. The van der Waals surface area contributed by atoms with Crippen LogP contribution in [0.1, 0.15) is 13.2 Å². The second-order valence-electron chi connectivity index (χ2n) is 4.74. The molecule has 98 valence electrons. The van der Waals surface area contributed by atoms with Crippen molar-refractivity contribution >= 4 is 0 Å². The van der Waals surface area contributed by atoms with Gasteiger partial charge in [-0.25, -0.2) is 0 Å². The molecule has 0 amide bonds.